The van der Waals surface area contributed by atoms with E-state index in [2.05, 4.69) is 25.9 Å². The van der Waals surface area contributed by atoms with Gasteiger partial charge in [0, 0.05) is 56.4 Å². The predicted octanol–water partition coefficient (Wildman–Crippen LogP) is 2.96. The summed E-state index contributed by atoms with van der Waals surface area (Å²) < 4.78 is 62.3. The lowest BCUT2D eigenvalue weighted by molar-refractivity contribution is 0.0953. The lowest BCUT2D eigenvalue weighted by Crippen LogP contribution is -2.47. The molecular weight excluding hydrogens is 568 g/mol. The monoisotopic (exact) mass is 601 g/mol. The largest absolute Gasteiger partial charge is 0.494 e. The van der Waals surface area contributed by atoms with E-state index in [0.717, 1.165) is 0 Å². The first kappa shape index (κ1) is 29.6. The van der Waals surface area contributed by atoms with Gasteiger partial charge in [0.15, 0.2) is 29.2 Å². The highest BCUT2D eigenvalue weighted by atomic mass is 32.2. The number of carbonyl (C=O) groups is 1. The van der Waals surface area contributed by atoms with E-state index >= 15 is 0 Å². The number of methoxy groups -OCH3 is 1. The summed E-state index contributed by atoms with van der Waals surface area (Å²) in [6.45, 7) is 4.23. The Morgan fingerprint density at radius 1 is 1.24 bits per heavy atom. The molecule has 3 aromatic rings. The molecule has 1 amide bonds. The zero-order valence-electron chi connectivity index (χ0n) is 23.3. The molecule has 1 aromatic carbocycles. The second kappa shape index (κ2) is 12.5. The van der Waals surface area contributed by atoms with E-state index in [9.17, 15) is 22.0 Å². The number of aryl methyl sites for hydroxylation is 1. The molecule has 3 heterocycles. The number of aromatic nitrogens is 3. The molecule has 1 aliphatic heterocycles. The molecule has 224 valence electrons. The molecule has 1 fully saturated rings. The summed E-state index contributed by atoms with van der Waals surface area (Å²) in [5, 5.41) is 9.12. The van der Waals surface area contributed by atoms with Crippen molar-refractivity contribution in [2.45, 2.75) is 25.4 Å². The van der Waals surface area contributed by atoms with E-state index in [0.29, 0.717) is 66.6 Å². The molecule has 0 radical (unpaired) electrons. The predicted molar refractivity (Wildman–Crippen MR) is 155 cm³/mol. The van der Waals surface area contributed by atoms with Gasteiger partial charge in [0.05, 0.1) is 30.7 Å². The molecule has 2 aromatic heterocycles. The lowest BCUT2D eigenvalue weighted by Gasteiger charge is -2.26. The Morgan fingerprint density at radius 2 is 2.02 bits per heavy atom. The van der Waals surface area contributed by atoms with Gasteiger partial charge in [-0.2, -0.15) is 4.31 Å². The van der Waals surface area contributed by atoms with Gasteiger partial charge in [0.25, 0.3) is 5.91 Å². The number of piperazine rings is 1. The summed E-state index contributed by atoms with van der Waals surface area (Å²) in [7, 11) is -2.06. The van der Waals surface area contributed by atoms with Crippen molar-refractivity contribution in [3.05, 3.63) is 77.3 Å². The Kier molecular flexibility index (Phi) is 8.85. The van der Waals surface area contributed by atoms with Crippen LogP contribution >= 0.6 is 0 Å². The number of alkyl halides is 1. The number of amides is 1. The number of fused-ring (bicyclic) bond motifs is 1. The first-order chi connectivity index (χ1) is 20.2. The number of anilines is 2. The molecule has 2 atom stereocenters. The number of carbonyl (C=O) groups excluding carboxylic acids is 1. The van der Waals surface area contributed by atoms with Crippen molar-refractivity contribution in [1.82, 2.24) is 29.3 Å². The van der Waals surface area contributed by atoms with Crippen molar-refractivity contribution < 1.29 is 26.7 Å². The van der Waals surface area contributed by atoms with Gasteiger partial charge in [-0.1, -0.05) is 6.08 Å². The van der Waals surface area contributed by atoms with Crippen LogP contribution in [0.25, 0.3) is 5.65 Å². The maximum absolute atomic E-state index is 14.9. The van der Waals surface area contributed by atoms with Crippen molar-refractivity contribution in [3.63, 3.8) is 0 Å². The van der Waals surface area contributed by atoms with Crippen LogP contribution in [0.2, 0.25) is 0 Å². The standard InChI is InChI=1S/C28H33F2N7O4S/c1-18-16-19(4-5-20(18)28(38)33-8-3-15-42(39,40)36-12-9-31-10-13-36)35-26-27-34-17-22(37(27)14-11-32-26)21-6-7-23(41-2)25(30)24(21)29/h4-7,11,14,16-17,21,24,31H,3,8-10,12-13,15H2,1-2H3,(H,32,35)(H,33,38). The summed E-state index contributed by atoms with van der Waals surface area (Å²) in [5.74, 6) is -1.91. The molecule has 0 spiro atoms. The molecule has 42 heavy (non-hydrogen) atoms. The summed E-state index contributed by atoms with van der Waals surface area (Å²) in [6, 6.07) is 5.18. The molecular formula is C28H33F2N7O4S. The summed E-state index contributed by atoms with van der Waals surface area (Å²) in [5.41, 5.74) is 2.68. The van der Waals surface area contributed by atoms with E-state index in [1.807, 2.05) is 0 Å². The molecule has 2 unspecified atom stereocenters. The summed E-state index contributed by atoms with van der Waals surface area (Å²) in [4.78, 5) is 21.5. The van der Waals surface area contributed by atoms with Crippen LogP contribution in [0.5, 0.6) is 0 Å². The zero-order chi connectivity index (χ0) is 29.9. The van der Waals surface area contributed by atoms with Crippen LogP contribution in [0.3, 0.4) is 0 Å². The molecule has 0 bridgehead atoms. The highest BCUT2D eigenvalue weighted by molar-refractivity contribution is 7.89. The number of nitrogens with one attached hydrogen (secondary N) is 3. The number of sulfonamides is 1. The van der Waals surface area contributed by atoms with Crippen LogP contribution in [0.4, 0.5) is 20.3 Å². The number of hydrogen-bond acceptors (Lipinski definition) is 8. The van der Waals surface area contributed by atoms with Crippen molar-refractivity contribution in [3.8, 4) is 0 Å². The topological polar surface area (TPSA) is 130 Å². The van der Waals surface area contributed by atoms with Crippen LogP contribution in [0, 0.1) is 6.92 Å². The van der Waals surface area contributed by atoms with Crippen LogP contribution in [-0.2, 0) is 14.8 Å². The number of nitrogens with zero attached hydrogens (tertiary/aromatic N) is 4. The normalized spacial score (nSPS) is 19.7. The van der Waals surface area contributed by atoms with Gasteiger partial charge < -0.3 is 20.7 Å². The Labute approximate surface area is 242 Å². The summed E-state index contributed by atoms with van der Waals surface area (Å²) in [6.07, 6.45) is 6.01. The van der Waals surface area contributed by atoms with E-state index in [1.54, 1.807) is 41.8 Å². The summed E-state index contributed by atoms with van der Waals surface area (Å²) >= 11 is 0. The second-order valence-electron chi connectivity index (χ2n) is 10.1. The molecule has 1 aliphatic carbocycles. The first-order valence-corrected chi connectivity index (χ1v) is 15.2. The fourth-order valence-electron chi connectivity index (χ4n) is 5.09. The number of ether oxygens (including phenoxy) is 1. The van der Waals surface area contributed by atoms with Gasteiger partial charge in [-0.25, -0.2) is 27.2 Å². The fourth-order valence-corrected chi connectivity index (χ4v) is 6.59. The first-order valence-electron chi connectivity index (χ1n) is 13.6. The fraction of sp³-hybridized carbons (Fsp3) is 0.393. The molecule has 0 saturated carbocycles. The van der Waals surface area contributed by atoms with Crippen LogP contribution in [0.1, 0.15) is 34.0 Å². The number of imidazole rings is 1. The lowest BCUT2D eigenvalue weighted by atomic mass is 9.94. The molecule has 14 heteroatoms. The van der Waals surface area contributed by atoms with E-state index in [4.69, 9.17) is 4.74 Å². The van der Waals surface area contributed by atoms with Crippen molar-refractivity contribution >= 4 is 33.1 Å². The smallest absolute Gasteiger partial charge is 0.251 e. The maximum atomic E-state index is 14.9. The average molecular weight is 602 g/mol. The van der Waals surface area contributed by atoms with Gasteiger partial charge in [-0.3, -0.25) is 9.20 Å². The van der Waals surface area contributed by atoms with Gasteiger partial charge in [-0.15, -0.1) is 0 Å². The molecule has 3 N–H and O–H groups in total. The molecule has 1 saturated heterocycles. The van der Waals surface area contributed by atoms with Crippen LogP contribution < -0.4 is 16.0 Å². The Bertz CT molecular complexity index is 1630. The number of allylic oxidation sites excluding steroid dienone is 3. The second-order valence-corrected chi connectivity index (χ2v) is 12.2. The van der Waals surface area contributed by atoms with Gasteiger partial charge in [0.1, 0.15) is 0 Å². The van der Waals surface area contributed by atoms with Gasteiger partial charge >= 0.3 is 0 Å². The van der Waals surface area contributed by atoms with E-state index in [-0.39, 0.29) is 24.0 Å². The van der Waals surface area contributed by atoms with Crippen molar-refractivity contribution in [1.29, 1.82) is 0 Å². The average Bonchev–Trinajstić information content (AvgIpc) is 3.42. The van der Waals surface area contributed by atoms with E-state index in [1.165, 1.54) is 29.9 Å². The molecule has 11 nitrogen and oxygen atoms in total. The third-order valence-corrected chi connectivity index (χ3v) is 9.29. The minimum absolute atomic E-state index is 0.0218. The van der Waals surface area contributed by atoms with E-state index < -0.39 is 27.9 Å². The van der Waals surface area contributed by atoms with Crippen molar-refractivity contribution in [2.24, 2.45) is 0 Å². The highest BCUT2D eigenvalue weighted by Crippen LogP contribution is 2.36. The number of benzene rings is 1. The Hall–Kier alpha value is -3.88. The Morgan fingerprint density at radius 3 is 2.76 bits per heavy atom. The SMILES string of the molecule is COC1=C(F)C(F)C(c2cnc3c(Nc4ccc(C(=O)NCCCS(=O)(=O)N5CCNCC5)c(C)c4)nccn23)C=C1. The molecule has 2 aliphatic rings. The minimum Gasteiger partial charge on any atom is -0.494 e. The van der Waals surface area contributed by atoms with Gasteiger partial charge in [0.2, 0.25) is 10.0 Å². The maximum Gasteiger partial charge on any atom is 0.251 e. The van der Waals surface area contributed by atoms with Crippen LogP contribution in [-0.4, -0.2) is 84.8 Å². The number of hydrogen-bond donors (Lipinski definition) is 3. The number of halogens is 2. The minimum atomic E-state index is -3.34. The third kappa shape index (κ3) is 6.15. The highest BCUT2D eigenvalue weighted by Gasteiger charge is 2.33. The zero-order valence-corrected chi connectivity index (χ0v) is 24.1. The van der Waals surface area contributed by atoms with Gasteiger partial charge in [-0.05, 0) is 43.2 Å². The molecule has 5 rings (SSSR count). The third-order valence-electron chi connectivity index (χ3n) is 7.33. The van der Waals surface area contributed by atoms with Crippen molar-refractivity contribution in [2.75, 3.05) is 50.9 Å². The Balaban J connectivity index is 1.22. The van der Waals surface area contributed by atoms with Crippen LogP contribution in [0.15, 0.2) is 60.5 Å². The quantitative estimate of drug-likeness (QED) is 0.303. The number of rotatable bonds is 10.